The van der Waals surface area contributed by atoms with E-state index >= 15 is 0 Å². The van der Waals surface area contributed by atoms with E-state index in [0.29, 0.717) is 24.5 Å². The van der Waals surface area contributed by atoms with Crippen LogP contribution in [-0.4, -0.2) is 40.2 Å². The van der Waals surface area contributed by atoms with Gasteiger partial charge in [0.05, 0.1) is 11.5 Å². The molecule has 0 aromatic heterocycles. The SMILES string of the molecule is CCOc1cccc(/C=C2\SC(=O)N(CC(=O)NCc3ccc(C)cc3)C2=O)c1O. The van der Waals surface area contributed by atoms with Gasteiger partial charge in [0.15, 0.2) is 11.5 Å². The van der Waals surface area contributed by atoms with Crippen molar-refractivity contribution in [2.24, 2.45) is 0 Å². The van der Waals surface area contributed by atoms with E-state index in [1.165, 1.54) is 6.08 Å². The number of ether oxygens (including phenoxy) is 1. The number of phenols is 1. The quantitative estimate of drug-likeness (QED) is 0.659. The minimum atomic E-state index is -0.573. The van der Waals surface area contributed by atoms with Crippen LogP contribution < -0.4 is 10.1 Å². The second-order valence-corrected chi connectivity index (χ2v) is 7.65. The van der Waals surface area contributed by atoms with Gasteiger partial charge in [-0.2, -0.15) is 0 Å². The van der Waals surface area contributed by atoms with Gasteiger partial charge in [-0.05, 0) is 43.3 Å². The van der Waals surface area contributed by atoms with Crippen molar-refractivity contribution in [2.45, 2.75) is 20.4 Å². The van der Waals surface area contributed by atoms with Crippen LogP contribution >= 0.6 is 11.8 Å². The standard InChI is InChI=1S/C22H22N2O5S/c1-3-29-17-6-4-5-16(20(17)26)11-18-21(27)24(22(28)30-18)13-19(25)23-12-15-9-7-14(2)8-10-15/h4-11,26H,3,12-13H2,1-2H3,(H,23,25)/b18-11-. The van der Waals surface area contributed by atoms with Crippen molar-refractivity contribution in [1.82, 2.24) is 10.2 Å². The third kappa shape index (κ3) is 5.01. The van der Waals surface area contributed by atoms with Crippen LogP contribution in [0.4, 0.5) is 4.79 Å². The fourth-order valence-corrected chi connectivity index (χ4v) is 3.64. The Balaban J connectivity index is 1.66. The summed E-state index contributed by atoms with van der Waals surface area (Å²) in [6, 6.07) is 12.6. The zero-order chi connectivity index (χ0) is 21.7. The summed E-state index contributed by atoms with van der Waals surface area (Å²) < 4.78 is 5.33. The van der Waals surface area contributed by atoms with Crippen molar-refractivity contribution in [3.05, 3.63) is 64.1 Å². The van der Waals surface area contributed by atoms with Gasteiger partial charge >= 0.3 is 0 Å². The van der Waals surface area contributed by atoms with Crippen LogP contribution in [0.3, 0.4) is 0 Å². The Hall–Kier alpha value is -3.26. The molecule has 156 valence electrons. The number of phenolic OH excluding ortho intramolecular Hbond substituents is 1. The monoisotopic (exact) mass is 426 g/mol. The molecule has 30 heavy (non-hydrogen) atoms. The molecule has 1 fully saturated rings. The van der Waals surface area contributed by atoms with Gasteiger partial charge in [-0.1, -0.05) is 42.0 Å². The Kier molecular flexibility index (Phi) is 6.79. The minimum Gasteiger partial charge on any atom is -0.504 e. The lowest BCUT2D eigenvalue weighted by atomic mass is 10.1. The minimum absolute atomic E-state index is 0.109. The van der Waals surface area contributed by atoms with E-state index in [1.54, 1.807) is 25.1 Å². The van der Waals surface area contributed by atoms with Crippen LogP contribution in [-0.2, 0) is 16.1 Å². The number of aromatic hydroxyl groups is 1. The number of benzene rings is 2. The number of carbonyl (C=O) groups is 3. The number of hydrogen-bond donors (Lipinski definition) is 2. The average Bonchev–Trinajstić information content (AvgIpc) is 2.98. The number of nitrogens with zero attached hydrogens (tertiary/aromatic N) is 1. The number of nitrogens with one attached hydrogen (secondary N) is 1. The van der Waals surface area contributed by atoms with Crippen LogP contribution in [0.5, 0.6) is 11.5 Å². The molecule has 2 aromatic carbocycles. The molecule has 3 rings (SSSR count). The van der Waals surface area contributed by atoms with Gasteiger partial charge in [-0.25, -0.2) is 0 Å². The van der Waals surface area contributed by atoms with Crippen molar-refractivity contribution in [1.29, 1.82) is 0 Å². The summed E-state index contributed by atoms with van der Waals surface area (Å²) in [5.74, 6) is -0.819. The molecule has 0 saturated carbocycles. The first-order valence-electron chi connectivity index (χ1n) is 9.41. The fraction of sp³-hybridized carbons (Fsp3) is 0.227. The molecule has 1 aliphatic rings. The average molecular weight is 426 g/mol. The third-order valence-electron chi connectivity index (χ3n) is 4.40. The normalized spacial score (nSPS) is 15.0. The number of hydrogen-bond acceptors (Lipinski definition) is 6. The topological polar surface area (TPSA) is 95.9 Å². The van der Waals surface area contributed by atoms with Gasteiger partial charge in [0.2, 0.25) is 5.91 Å². The van der Waals surface area contributed by atoms with Crippen molar-refractivity contribution < 1.29 is 24.2 Å². The summed E-state index contributed by atoms with van der Waals surface area (Å²) in [5.41, 5.74) is 2.40. The fourth-order valence-electron chi connectivity index (χ4n) is 2.81. The lowest BCUT2D eigenvalue weighted by Crippen LogP contribution is -2.39. The Morgan fingerprint density at radius 1 is 1.20 bits per heavy atom. The van der Waals surface area contributed by atoms with Crippen LogP contribution in [0.2, 0.25) is 0 Å². The molecule has 2 N–H and O–H groups in total. The molecular weight excluding hydrogens is 404 g/mol. The number of carbonyl (C=O) groups excluding carboxylic acids is 3. The van der Waals surface area contributed by atoms with E-state index in [0.717, 1.165) is 27.8 Å². The molecule has 0 atom stereocenters. The molecule has 8 heteroatoms. The van der Waals surface area contributed by atoms with Crippen LogP contribution in [0, 0.1) is 6.92 Å². The maximum Gasteiger partial charge on any atom is 0.294 e. The molecule has 7 nitrogen and oxygen atoms in total. The number of thioether (sulfide) groups is 1. The molecule has 1 heterocycles. The van der Waals surface area contributed by atoms with Crippen molar-refractivity contribution in [3.8, 4) is 11.5 Å². The van der Waals surface area contributed by atoms with Gasteiger partial charge in [-0.3, -0.25) is 19.3 Å². The predicted octanol–water partition coefficient (Wildman–Crippen LogP) is 3.45. The maximum absolute atomic E-state index is 12.6. The molecule has 0 radical (unpaired) electrons. The van der Waals surface area contributed by atoms with Gasteiger partial charge in [0.25, 0.3) is 11.1 Å². The zero-order valence-corrected chi connectivity index (χ0v) is 17.5. The van der Waals surface area contributed by atoms with Gasteiger partial charge in [0, 0.05) is 12.1 Å². The Bertz CT molecular complexity index is 1000. The zero-order valence-electron chi connectivity index (χ0n) is 16.7. The maximum atomic E-state index is 12.6. The van der Waals surface area contributed by atoms with E-state index in [9.17, 15) is 19.5 Å². The van der Waals surface area contributed by atoms with E-state index < -0.39 is 17.1 Å². The lowest BCUT2D eigenvalue weighted by Gasteiger charge is -2.12. The second kappa shape index (κ2) is 9.49. The van der Waals surface area contributed by atoms with Crippen molar-refractivity contribution in [2.75, 3.05) is 13.2 Å². The number of amides is 3. The smallest absolute Gasteiger partial charge is 0.294 e. The highest BCUT2D eigenvalue weighted by atomic mass is 32.2. The molecule has 0 bridgehead atoms. The van der Waals surface area contributed by atoms with E-state index in [2.05, 4.69) is 5.32 Å². The van der Waals surface area contributed by atoms with Gasteiger partial charge < -0.3 is 15.2 Å². The molecule has 0 spiro atoms. The Morgan fingerprint density at radius 3 is 2.63 bits per heavy atom. The van der Waals surface area contributed by atoms with E-state index in [1.807, 2.05) is 31.2 Å². The van der Waals surface area contributed by atoms with Crippen molar-refractivity contribution >= 4 is 34.9 Å². The molecule has 1 saturated heterocycles. The summed E-state index contributed by atoms with van der Waals surface area (Å²) in [7, 11) is 0. The summed E-state index contributed by atoms with van der Waals surface area (Å²) in [5, 5.41) is 12.5. The van der Waals surface area contributed by atoms with E-state index in [-0.39, 0.29) is 17.2 Å². The molecule has 1 aliphatic heterocycles. The molecule has 0 unspecified atom stereocenters. The number of aryl methyl sites for hydroxylation is 1. The number of rotatable bonds is 7. The van der Waals surface area contributed by atoms with Gasteiger partial charge in [0.1, 0.15) is 6.54 Å². The first-order valence-corrected chi connectivity index (χ1v) is 10.2. The van der Waals surface area contributed by atoms with Crippen molar-refractivity contribution in [3.63, 3.8) is 0 Å². The largest absolute Gasteiger partial charge is 0.504 e. The molecule has 3 amide bonds. The van der Waals surface area contributed by atoms with Crippen LogP contribution in [0.25, 0.3) is 6.08 Å². The van der Waals surface area contributed by atoms with Crippen LogP contribution in [0.1, 0.15) is 23.6 Å². The number of para-hydroxylation sites is 1. The summed E-state index contributed by atoms with van der Waals surface area (Å²) >= 11 is 0.729. The molecule has 2 aromatic rings. The Morgan fingerprint density at radius 2 is 1.93 bits per heavy atom. The first kappa shape index (κ1) is 21.4. The first-order chi connectivity index (χ1) is 14.4. The molecular formula is C22H22N2O5S. The number of imide groups is 1. The molecule has 0 aliphatic carbocycles. The Labute approximate surface area is 178 Å². The van der Waals surface area contributed by atoms with Crippen LogP contribution in [0.15, 0.2) is 47.4 Å². The van der Waals surface area contributed by atoms with Gasteiger partial charge in [-0.15, -0.1) is 0 Å². The summed E-state index contributed by atoms with van der Waals surface area (Å²) in [4.78, 5) is 38.1. The highest BCUT2D eigenvalue weighted by molar-refractivity contribution is 8.18. The summed E-state index contributed by atoms with van der Waals surface area (Å²) in [6.07, 6.45) is 1.42. The highest BCUT2D eigenvalue weighted by Gasteiger charge is 2.36. The third-order valence-corrected chi connectivity index (χ3v) is 5.31. The highest BCUT2D eigenvalue weighted by Crippen LogP contribution is 2.36. The van der Waals surface area contributed by atoms with E-state index in [4.69, 9.17) is 4.74 Å². The second-order valence-electron chi connectivity index (χ2n) is 6.66. The predicted molar refractivity (Wildman–Crippen MR) is 115 cm³/mol. The lowest BCUT2D eigenvalue weighted by molar-refractivity contribution is -0.129. The summed E-state index contributed by atoms with van der Waals surface area (Å²) in [6.45, 7) is 4.09.